The molecular weight excluding hydrogens is 178 g/mol. The van der Waals surface area contributed by atoms with Crippen molar-refractivity contribution in [1.29, 1.82) is 0 Å². The van der Waals surface area contributed by atoms with Crippen LogP contribution >= 0.6 is 0 Å². The van der Waals surface area contributed by atoms with Crippen LogP contribution in [0.2, 0.25) is 0 Å². The van der Waals surface area contributed by atoms with Crippen LogP contribution in [-0.4, -0.2) is 38.1 Å². The lowest BCUT2D eigenvalue weighted by atomic mass is 9.65. The Balaban J connectivity index is 2.99. The first kappa shape index (κ1) is 11.5. The molecule has 0 bridgehead atoms. The minimum absolute atomic E-state index is 0.0369. The van der Waals surface area contributed by atoms with Gasteiger partial charge in [0.25, 0.3) is 0 Å². The van der Waals surface area contributed by atoms with E-state index in [-0.39, 0.29) is 16.7 Å². The molecule has 0 N–H and O–H groups in total. The van der Waals surface area contributed by atoms with Crippen LogP contribution < -0.4 is 0 Å². The lowest BCUT2D eigenvalue weighted by Crippen LogP contribution is -2.49. The molecule has 1 atom stereocenters. The van der Waals surface area contributed by atoms with Crippen LogP contribution in [0.4, 0.5) is 0 Å². The van der Waals surface area contributed by atoms with Gasteiger partial charge in [-0.2, -0.15) is 0 Å². The second-order valence-corrected chi connectivity index (χ2v) is 5.33. The second-order valence-electron chi connectivity index (χ2n) is 5.33. The van der Waals surface area contributed by atoms with Crippen molar-refractivity contribution in [2.45, 2.75) is 27.2 Å². The lowest BCUT2D eigenvalue weighted by Gasteiger charge is -2.40. The van der Waals surface area contributed by atoms with E-state index in [0.717, 1.165) is 6.42 Å². The molecule has 1 unspecified atom stereocenters. The van der Waals surface area contributed by atoms with Gasteiger partial charge in [-0.1, -0.05) is 20.8 Å². The molecule has 1 amide bonds. The van der Waals surface area contributed by atoms with Gasteiger partial charge in [-0.05, 0) is 11.8 Å². The zero-order valence-corrected chi connectivity index (χ0v) is 9.89. The van der Waals surface area contributed by atoms with Crippen molar-refractivity contribution in [1.82, 2.24) is 4.90 Å². The molecule has 82 valence electrons. The fourth-order valence-electron chi connectivity index (χ4n) is 2.07. The van der Waals surface area contributed by atoms with E-state index in [1.165, 1.54) is 0 Å². The molecule has 1 fully saturated rings. The molecule has 14 heavy (non-hydrogen) atoms. The topological polar surface area (TPSA) is 29.5 Å². The van der Waals surface area contributed by atoms with Crippen molar-refractivity contribution in [3.63, 3.8) is 0 Å². The summed E-state index contributed by atoms with van der Waals surface area (Å²) in [7, 11) is 3.63. The first-order chi connectivity index (χ1) is 6.31. The molecular formula is C11H21NO2. The third kappa shape index (κ3) is 1.65. The molecule has 3 heteroatoms. The molecule has 0 spiro atoms. The van der Waals surface area contributed by atoms with Gasteiger partial charge in [0.2, 0.25) is 5.91 Å². The fraction of sp³-hybridized carbons (Fsp3) is 0.909. The van der Waals surface area contributed by atoms with Crippen molar-refractivity contribution in [2.75, 3.05) is 27.3 Å². The Hall–Kier alpha value is -0.570. The Morgan fingerprint density at radius 1 is 1.36 bits per heavy atom. The molecule has 0 aromatic carbocycles. The zero-order valence-electron chi connectivity index (χ0n) is 9.89. The van der Waals surface area contributed by atoms with Gasteiger partial charge < -0.3 is 9.64 Å². The summed E-state index contributed by atoms with van der Waals surface area (Å²) in [5, 5.41) is 0. The third-order valence-corrected chi connectivity index (χ3v) is 3.27. The van der Waals surface area contributed by atoms with Crippen LogP contribution in [0.5, 0.6) is 0 Å². The largest absolute Gasteiger partial charge is 0.380 e. The minimum Gasteiger partial charge on any atom is -0.380 e. The van der Waals surface area contributed by atoms with Crippen molar-refractivity contribution in [2.24, 2.45) is 10.8 Å². The van der Waals surface area contributed by atoms with Gasteiger partial charge in [0, 0.05) is 20.7 Å². The molecule has 1 rings (SSSR count). The first-order valence-electron chi connectivity index (χ1n) is 5.11. The minimum atomic E-state index is -0.323. The van der Waals surface area contributed by atoms with Crippen LogP contribution in [0.1, 0.15) is 27.2 Å². The van der Waals surface area contributed by atoms with Crippen LogP contribution in [0, 0.1) is 10.8 Å². The third-order valence-electron chi connectivity index (χ3n) is 3.27. The van der Waals surface area contributed by atoms with Crippen LogP contribution in [0.25, 0.3) is 0 Å². The Morgan fingerprint density at radius 3 is 2.21 bits per heavy atom. The van der Waals surface area contributed by atoms with E-state index in [9.17, 15) is 4.79 Å². The molecule has 1 heterocycles. The molecule has 1 aliphatic heterocycles. The number of ether oxygens (including phenoxy) is 1. The quantitative estimate of drug-likeness (QED) is 0.641. The van der Waals surface area contributed by atoms with E-state index in [2.05, 4.69) is 20.8 Å². The highest BCUT2D eigenvalue weighted by Gasteiger charge is 2.51. The van der Waals surface area contributed by atoms with Gasteiger partial charge in [-0.25, -0.2) is 0 Å². The maximum Gasteiger partial charge on any atom is 0.231 e. The van der Waals surface area contributed by atoms with E-state index >= 15 is 0 Å². The SMILES string of the molecule is CN(C)C(=O)C1(C(C)(C)C)CCOC1. The summed E-state index contributed by atoms with van der Waals surface area (Å²) in [6, 6.07) is 0. The van der Waals surface area contributed by atoms with Crippen molar-refractivity contribution < 1.29 is 9.53 Å². The molecule has 0 radical (unpaired) electrons. The van der Waals surface area contributed by atoms with E-state index in [0.29, 0.717) is 13.2 Å². The Morgan fingerprint density at radius 2 is 1.93 bits per heavy atom. The zero-order chi connectivity index (χ0) is 11.0. The van der Waals surface area contributed by atoms with Gasteiger partial charge in [-0.15, -0.1) is 0 Å². The summed E-state index contributed by atoms with van der Waals surface area (Å²) in [5.74, 6) is 0.197. The smallest absolute Gasteiger partial charge is 0.231 e. The normalized spacial score (nSPS) is 27.8. The van der Waals surface area contributed by atoms with Gasteiger partial charge in [0.1, 0.15) is 0 Å². The summed E-state index contributed by atoms with van der Waals surface area (Å²) in [6.07, 6.45) is 0.841. The standard InChI is InChI=1S/C11H21NO2/c1-10(2,3)11(6-7-14-8-11)9(13)12(4)5/h6-8H2,1-5H3. The summed E-state index contributed by atoms with van der Waals surface area (Å²) < 4.78 is 5.41. The van der Waals surface area contributed by atoms with E-state index < -0.39 is 0 Å². The molecule has 0 aromatic heterocycles. The highest BCUT2D eigenvalue weighted by Crippen LogP contribution is 2.46. The van der Waals surface area contributed by atoms with Gasteiger partial charge in [0.15, 0.2) is 0 Å². The molecule has 0 aliphatic carbocycles. The lowest BCUT2D eigenvalue weighted by molar-refractivity contribution is -0.146. The molecule has 0 aromatic rings. The van der Waals surface area contributed by atoms with E-state index in [1.54, 1.807) is 4.90 Å². The summed E-state index contributed by atoms with van der Waals surface area (Å²) in [5.41, 5.74) is -0.360. The average Bonchev–Trinajstić information content (AvgIpc) is 2.50. The van der Waals surface area contributed by atoms with Gasteiger partial charge in [-0.3, -0.25) is 4.79 Å². The van der Waals surface area contributed by atoms with Gasteiger partial charge in [0.05, 0.1) is 12.0 Å². The van der Waals surface area contributed by atoms with Crippen molar-refractivity contribution in [3.8, 4) is 0 Å². The molecule has 1 saturated heterocycles. The summed E-state index contributed by atoms with van der Waals surface area (Å²) in [4.78, 5) is 13.8. The van der Waals surface area contributed by atoms with Crippen LogP contribution in [0.3, 0.4) is 0 Å². The maximum atomic E-state index is 12.2. The maximum absolute atomic E-state index is 12.2. The second kappa shape index (κ2) is 3.54. The molecule has 1 aliphatic rings. The number of rotatable bonds is 1. The number of carbonyl (C=O) groups excluding carboxylic acids is 1. The number of amides is 1. The van der Waals surface area contributed by atoms with Crippen molar-refractivity contribution in [3.05, 3.63) is 0 Å². The summed E-state index contributed by atoms with van der Waals surface area (Å²) >= 11 is 0. The molecule has 0 saturated carbocycles. The van der Waals surface area contributed by atoms with Crippen molar-refractivity contribution >= 4 is 5.91 Å². The predicted molar refractivity (Wildman–Crippen MR) is 56.0 cm³/mol. The fourth-order valence-corrected chi connectivity index (χ4v) is 2.07. The molecule has 3 nitrogen and oxygen atoms in total. The Labute approximate surface area is 86.4 Å². The van der Waals surface area contributed by atoms with E-state index in [4.69, 9.17) is 4.74 Å². The predicted octanol–water partition coefficient (Wildman–Crippen LogP) is 1.53. The number of hydrogen-bond donors (Lipinski definition) is 0. The Kier molecular flexibility index (Phi) is 2.91. The average molecular weight is 199 g/mol. The number of hydrogen-bond acceptors (Lipinski definition) is 2. The van der Waals surface area contributed by atoms with Crippen LogP contribution in [0.15, 0.2) is 0 Å². The van der Waals surface area contributed by atoms with Gasteiger partial charge >= 0.3 is 0 Å². The highest BCUT2D eigenvalue weighted by atomic mass is 16.5. The first-order valence-corrected chi connectivity index (χ1v) is 5.11. The Bertz CT molecular complexity index is 222. The highest BCUT2D eigenvalue weighted by molar-refractivity contribution is 5.83. The monoisotopic (exact) mass is 199 g/mol. The van der Waals surface area contributed by atoms with Crippen LogP contribution in [-0.2, 0) is 9.53 Å². The number of nitrogens with zero attached hydrogens (tertiary/aromatic N) is 1. The van der Waals surface area contributed by atoms with E-state index in [1.807, 2.05) is 14.1 Å². The number of carbonyl (C=O) groups is 1. The summed E-state index contributed by atoms with van der Waals surface area (Å²) in [6.45, 7) is 7.61.